The molecule has 0 aromatic heterocycles. The van der Waals surface area contributed by atoms with Crippen LogP contribution >= 0.6 is 15.9 Å². The normalized spacial score (nSPS) is 12.0. The van der Waals surface area contributed by atoms with Gasteiger partial charge in [-0.2, -0.15) is 0 Å². The van der Waals surface area contributed by atoms with E-state index in [4.69, 9.17) is 15.2 Å². The largest absolute Gasteiger partial charge is 0.490 e. The highest BCUT2D eigenvalue weighted by atomic mass is 79.9. The van der Waals surface area contributed by atoms with Gasteiger partial charge in [-0.15, -0.1) is 0 Å². The van der Waals surface area contributed by atoms with Crippen molar-refractivity contribution in [2.75, 3.05) is 18.9 Å². The van der Waals surface area contributed by atoms with Gasteiger partial charge in [-0.05, 0) is 46.3 Å². The fraction of sp³-hybridized carbons (Fsp3) is 0.200. The van der Waals surface area contributed by atoms with E-state index in [1.165, 1.54) is 18.2 Å². The molecule has 0 aliphatic carbocycles. The average Bonchev–Trinajstić information content (AvgIpc) is 2.45. The quantitative estimate of drug-likeness (QED) is 0.781. The van der Waals surface area contributed by atoms with Crippen LogP contribution in [-0.2, 0) is 0 Å². The van der Waals surface area contributed by atoms with Gasteiger partial charge in [0, 0.05) is 0 Å². The Bertz CT molecular complexity index is 609. The number of rotatable bonds is 6. The Morgan fingerprint density at radius 1 is 1.10 bits per heavy atom. The topological polar surface area (TPSA) is 64.7 Å². The average molecular weight is 356 g/mol. The second-order valence-corrected chi connectivity index (χ2v) is 5.24. The summed E-state index contributed by atoms with van der Waals surface area (Å²) in [7, 11) is 0. The predicted octanol–water partition coefficient (Wildman–Crippen LogP) is 2.99. The molecule has 2 rings (SSSR count). The van der Waals surface area contributed by atoms with Crippen molar-refractivity contribution in [3.8, 4) is 11.5 Å². The predicted molar refractivity (Wildman–Crippen MR) is 82.0 cm³/mol. The molecule has 0 saturated heterocycles. The van der Waals surface area contributed by atoms with E-state index < -0.39 is 6.10 Å². The first-order valence-corrected chi connectivity index (χ1v) is 7.09. The van der Waals surface area contributed by atoms with Crippen LogP contribution in [0.1, 0.15) is 0 Å². The smallest absolute Gasteiger partial charge is 0.142 e. The fourth-order valence-corrected chi connectivity index (χ4v) is 2.09. The van der Waals surface area contributed by atoms with Crippen LogP contribution < -0.4 is 15.2 Å². The monoisotopic (exact) mass is 355 g/mol. The lowest BCUT2D eigenvalue weighted by molar-refractivity contribution is 0.0626. The first-order chi connectivity index (χ1) is 10.1. The molecule has 0 aliphatic heterocycles. The lowest BCUT2D eigenvalue weighted by Crippen LogP contribution is -2.25. The van der Waals surface area contributed by atoms with Crippen LogP contribution in [0.2, 0.25) is 0 Å². The molecular formula is C15H15BrFNO3. The molecule has 112 valence electrons. The maximum Gasteiger partial charge on any atom is 0.142 e. The van der Waals surface area contributed by atoms with E-state index in [1.807, 2.05) is 0 Å². The van der Waals surface area contributed by atoms with E-state index in [2.05, 4.69) is 15.9 Å². The summed E-state index contributed by atoms with van der Waals surface area (Å²) in [5.74, 6) is 0.604. The molecule has 0 spiro atoms. The Hall–Kier alpha value is -1.79. The van der Waals surface area contributed by atoms with Crippen LogP contribution in [0.5, 0.6) is 11.5 Å². The molecule has 2 aromatic carbocycles. The lowest BCUT2D eigenvalue weighted by Gasteiger charge is -2.15. The number of aliphatic hydroxyl groups excluding tert-OH is 1. The van der Waals surface area contributed by atoms with Crippen molar-refractivity contribution in [1.29, 1.82) is 0 Å². The second-order valence-electron chi connectivity index (χ2n) is 4.39. The molecule has 1 atom stereocenters. The minimum absolute atomic E-state index is 0.0248. The van der Waals surface area contributed by atoms with Gasteiger partial charge in [0.15, 0.2) is 0 Å². The summed E-state index contributed by atoms with van der Waals surface area (Å²) in [4.78, 5) is 0. The minimum Gasteiger partial charge on any atom is -0.490 e. The van der Waals surface area contributed by atoms with Gasteiger partial charge in [0.1, 0.15) is 36.6 Å². The van der Waals surface area contributed by atoms with E-state index >= 15 is 0 Å². The maximum absolute atomic E-state index is 12.9. The van der Waals surface area contributed by atoms with E-state index in [1.54, 1.807) is 24.3 Å². The third-order valence-electron chi connectivity index (χ3n) is 2.68. The molecule has 3 N–H and O–H groups in total. The Morgan fingerprint density at radius 2 is 1.76 bits per heavy atom. The summed E-state index contributed by atoms with van der Waals surface area (Å²) in [6.07, 6.45) is -0.832. The highest BCUT2D eigenvalue weighted by Gasteiger charge is 2.10. The summed E-state index contributed by atoms with van der Waals surface area (Å²) < 4.78 is 24.2. The Labute approximate surface area is 130 Å². The van der Waals surface area contributed by atoms with Gasteiger partial charge in [0.25, 0.3) is 0 Å². The van der Waals surface area contributed by atoms with E-state index in [0.717, 1.165) is 0 Å². The number of hydrogen-bond donors (Lipinski definition) is 2. The van der Waals surface area contributed by atoms with Crippen molar-refractivity contribution in [1.82, 2.24) is 0 Å². The number of nitrogen functional groups attached to an aromatic ring is 1. The molecule has 0 aliphatic rings. The summed E-state index contributed by atoms with van der Waals surface area (Å²) >= 11 is 3.19. The molecule has 2 aromatic rings. The second kappa shape index (κ2) is 7.28. The summed E-state index contributed by atoms with van der Waals surface area (Å²) in [6, 6.07) is 11.1. The maximum atomic E-state index is 12.9. The zero-order valence-electron chi connectivity index (χ0n) is 11.1. The molecule has 0 amide bonds. The van der Waals surface area contributed by atoms with Crippen molar-refractivity contribution in [2.24, 2.45) is 0 Å². The number of aliphatic hydroxyl groups is 1. The molecule has 0 radical (unpaired) electrons. The highest BCUT2D eigenvalue weighted by Crippen LogP contribution is 2.25. The molecule has 21 heavy (non-hydrogen) atoms. The highest BCUT2D eigenvalue weighted by molar-refractivity contribution is 9.10. The molecule has 0 bridgehead atoms. The standard InChI is InChI=1S/C15H15BrFNO3/c16-12-7-10(17)5-6-14(12)20-8-11(19)9-21-15-4-2-1-3-13(15)18/h1-7,11,19H,8-9,18H2. The van der Waals surface area contributed by atoms with E-state index in [0.29, 0.717) is 21.7 Å². The van der Waals surface area contributed by atoms with E-state index in [9.17, 15) is 9.50 Å². The van der Waals surface area contributed by atoms with Crippen molar-refractivity contribution in [2.45, 2.75) is 6.10 Å². The molecule has 0 fully saturated rings. The first-order valence-electron chi connectivity index (χ1n) is 6.29. The van der Waals surface area contributed by atoms with Crippen LogP contribution in [0.25, 0.3) is 0 Å². The molecule has 0 saturated carbocycles. The third kappa shape index (κ3) is 4.61. The Balaban J connectivity index is 1.82. The number of halogens is 2. The van der Waals surface area contributed by atoms with Gasteiger partial charge in [0.05, 0.1) is 10.2 Å². The zero-order valence-corrected chi connectivity index (χ0v) is 12.7. The molecule has 6 heteroatoms. The number of hydrogen-bond acceptors (Lipinski definition) is 4. The van der Waals surface area contributed by atoms with Crippen LogP contribution in [0.15, 0.2) is 46.9 Å². The van der Waals surface area contributed by atoms with Gasteiger partial charge in [0.2, 0.25) is 0 Å². The van der Waals surface area contributed by atoms with Crippen molar-refractivity contribution in [3.63, 3.8) is 0 Å². The molecule has 1 unspecified atom stereocenters. The third-order valence-corrected chi connectivity index (χ3v) is 3.30. The number of anilines is 1. The number of para-hydroxylation sites is 2. The van der Waals surface area contributed by atoms with Crippen molar-refractivity contribution < 1.29 is 19.0 Å². The van der Waals surface area contributed by atoms with Gasteiger partial charge >= 0.3 is 0 Å². The Kier molecular flexibility index (Phi) is 5.41. The fourth-order valence-electron chi connectivity index (χ4n) is 1.62. The minimum atomic E-state index is -0.832. The molecular weight excluding hydrogens is 341 g/mol. The van der Waals surface area contributed by atoms with E-state index in [-0.39, 0.29) is 19.0 Å². The lowest BCUT2D eigenvalue weighted by atomic mass is 10.3. The summed E-state index contributed by atoms with van der Waals surface area (Å²) in [5.41, 5.74) is 6.23. The summed E-state index contributed by atoms with van der Waals surface area (Å²) in [6.45, 7) is 0.0734. The number of nitrogens with two attached hydrogens (primary N) is 1. The van der Waals surface area contributed by atoms with Crippen molar-refractivity contribution in [3.05, 3.63) is 52.8 Å². The van der Waals surface area contributed by atoms with Crippen LogP contribution in [0.3, 0.4) is 0 Å². The number of benzene rings is 2. The van der Waals surface area contributed by atoms with Crippen LogP contribution in [0.4, 0.5) is 10.1 Å². The van der Waals surface area contributed by atoms with Crippen LogP contribution in [-0.4, -0.2) is 24.4 Å². The molecule has 0 heterocycles. The van der Waals surface area contributed by atoms with Crippen molar-refractivity contribution >= 4 is 21.6 Å². The first kappa shape index (κ1) is 15.6. The molecule has 4 nitrogen and oxygen atoms in total. The number of ether oxygens (including phenoxy) is 2. The Morgan fingerprint density at radius 3 is 2.43 bits per heavy atom. The van der Waals surface area contributed by atoms with Gasteiger partial charge in [-0.3, -0.25) is 0 Å². The van der Waals surface area contributed by atoms with Crippen LogP contribution in [0, 0.1) is 5.82 Å². The van der Waals surface area contributed by atoms with Gasteiger partial charge in [-0.1, -0.05) is 12.1 Å². The zero-order chi connectivity index (χ0) is 15.2. The summed E-state index contributed by atoms with van der Waals surface area (Å²) in [5, 5.41) is 9.83. The van der Waals surface area contributed by atoms with Gasteiger partial charge < -0.3 is 20.3 Å². The van der Waals surface area contributed by atoms with Gasteiger partial charge in [-0.25, -0.2) is 4.39 Å². The SMILES string of the molecule is Nc1ccccc1OCC(O)COc1ccc(F)cc1Br.